The van der Waals surface area contributed by atoms with Gasteiger partial charge in [0.2, 0.25) is 5.75 Å². The normalized spacial score (nSPS) is 11.9. The minimum absolute atomic E-state index is 0.0804. The third-order valence-corrected chi connectivity index (χ3v) is 5.60. The molecule has 0 saturated carbocycles. The van der Waals surface area contributed by atoms with Gasteiger partial charge in [0.1, 0.15) is 10.8 Å². The van der Waals surface area contributed by atoms with Crippen molar-refractivity contribution in [3.05, 3.63) is 39.0 Å². The van der Waals surface area contributed by atoms with E-state index >= 15 is 0 Å². The van der Waals surface area contributed by atoms with Crippen molar-refractivity contribution in [2.24, 2.45) is 7.05 Å². The zero-order valence-electron chi connectivity index (χ0n) is 16.5. The molecule has 0 atom stereocenters. The molecule has 0 saturated heterocycles. The largest absolute Gasteiger partial charge is 0.487 e. The van der Waals surface area contributed by atoms with Crippen LogP contribution in [0, 0.1) is 10.1 Å². The Kier molecular flexibility index (Phi) is 7.69. The lowest BCUT2D eigenvalue weighted by Crippen LogP contribution is -2.27. The van der Waals surface area contributed by atoms with E-state index in [1.54, 1.807) is 0 Å². The van der Waals surface area contributed by atoms with E-state index in [-0.39, 0.29) is 24.5 Å². The molecule has 2 rings (SSSR count). The van der Waals surface area contributed by atoms with Crippen LogP contribution < -0.4 is 14.2 Å². The first-order valence-corrected chi connectivity index (χ1v) is 10.5. The summed E-state index contributed by atoms with van der Waals surface area (Å²) >= 11 is 5.71. The second-order valence-corrected chi connectivity index (χ2v) is 8.36. The maximum Gasteiger partial charge on any atom is 0.434 e. The van der Waals surface area contributed by atoms with Crippen molar-refractivity contribution in [3.8, 4) is 17.4 Å². The number of alkyl halides is 3. The fourth-order valence-corrected chi connectivity index (χ4v) is 3.38. The number of carbonyl (C=O) groups excluding carboxylic acids is 1. The SMILES string of the molecule is CNS(=O)(=O)C(=O)CCCOc1cc(Oc2nn(C)c(C(F)(F)F)c2Cl)ccc1[N+](=O)[O-]. The zero-order valence-corrected chi connectivity index (χ0v) is 18.0. The van der Waals surface area contributed by atoms with E-state index in [4.69, 9.17) is 21.1 Å². The van der Waals surface area contributed by atoms with Gasteiger partial charge in [-0.15, -0.1) is 5.10 Å². The summed E-state index contributed by atoms with van der Waals surface area (Å²) in [5.41, 5.74) is -1.73. The molecule has 0 unspecified atom stereocenters. The molecule has 1 N–H and O–H groups in total. The summed E-state index contributed by atoms with van der Waals surface area (Å²) < 4.78 is 74.6. The van der Waals surface area contributed by atoms with Gasteiger partial charge in [-0.2, -0.15) is 13.2 Å². The molecule has 1 aromatic heterocycles. The Labute approximate surface area is 184 Å². The Morgan fingerprint density at radius 3 is 2.56 bits per heavy atom. The number of nitrogens with one attached hydrogen (secondary N) is 1. The fraction of sp³-hybridized carbons (Fsp3) is 0.375. The number of nitrogens with zero attached hydrogens (tertiary/aromatic N) is 3. The molecule has 0 amide bonds. The maximum absolute atomic E-state index is 13.0. The van der Waals surface area contributed by atoms with Crippen LogP contribution in [-0.2, 0) is 28.0 Å². The molecule has 11 nitrogen and oxygen atoms in total. The molecular weight excluding hydrogens is 485 g/mol. The van der Waals surface area contributed by atoms with Gasteiger partial charge in [0.25, 0.3) is 21.0 Å². The van der Waals surface area contributed by atoms with Crippen molar-refractivity contribution in [3.63, 3.8) is 0 Å². The van der Waals surface area contributed by atoms with Crippen molar-refractivity contribution in [1.29, 1.82) is 0 Å². The van der Waals surface area contributed by atoms with Gasteiger partial charge in [0, 0.05) is 25.6 Å². The smallest absolute Gasteiger partial charge is 0.434 e. The summed E-state index contributed by atoms with van der Waals surface area (Å²) in [4.78, 5) is 22.0. The average Bonchev–Trinajstić information content (AvgIpc) is 2.97. The standard InChI is InChI=1S/C16H16ClF3N4O7S/c1-21-32(28,29)12(25)4-3-7-30-11-8-9(5-6-10(11)24(26)27)31-15-13(17)14(16(18,19)20)23(2)22-15/h5-6,8,21H,3-4,7H2,1-2H3. The molecule has 16 heteroatoms. The Balaban J connectivity index is 2.18. The quantitative estimate of drug-likeness (QED) is 0.314. The number of rotatable bonds is 9. The number of halogens is 4. The molecule has 32 heavy (non-hydrogen) atoms. The molecule has 0 aliphatic rings. The Morgan fingerprint density at radius 1 is 1.38 bits per heavy atom. The summed E-state index contributed by atoms with van der Waals surface area (Å²) in [6.45, 7) is -0.266. The number of benzene rings is 1. The van der Waals surface area contributed by atoms with Gasteiger partial charge in [-0.3, -0.25) is 19.6 Å². The number of ether oxygens (including phenoxy) is 2. The number of hydrogen-bond acceptors (Lipinski definition) is 8. The van der Waals surface area contributed by atoms with Gasteiger partial charge in [-0.1, -0.05) is 11.6 Å². The second kappa shape index (κ2) is 9.70. The van der Waals surface area contributed by atoms with E-state index < -0.39 is 54.9 Å². The predicted octanol–water partition coefficient (Wildman–Crippen LogP) is 3.03. The summed E-state index contributed by atoms with van der Waals surface area (Å²) in [6.07, 6.45) is -5.28. The van der Waals surface area contributed by atoms with Crippen LogP contribution in [0.5, 0.6) is 17.4 Å². The van der Waals surface area contributed by atoms with E-state index in [1.165, 1.54) is 0 Å². The van der Waals surface area contributed by atoms with Crippen LogP contribution in [0.3, 0.4) is 0 Å². The maximum atomic E-state index is 13.0. The van der Waals surface area contributed by atoms with Crippen molar-refractivity contribution in [2.75, 3.05) is 13.7 Å². The van der Waals surface area contributed by atoms with Crippen molar-refractivity contribution >= 4 is 32.4 Å². The third kappa shape index (κ3) is 5.86. The number of carbonyl (C=O) groups is 1. The lowest BCUT2D eigenvalue weighted by molar-refractivity contribution is -0.385. The lowest BCUT2D eigenvalue weighted by atomic mass is 10.2. The molecule has 0 spiro atoms. The van der Waals surface area contributed by atoms with Crippen LogP contribution in [0.15, 0.2) is 18.2 Å². The van der Waals surface area contributed by atoms with Gasteiger partial charge < -0.3 is 9.47 Å². The van der Waals surface area contributed by atoms with Crippen LogP contribution in [-0.4, -0.2) is 41.9 Å². The number of nitro benzene ring substituents is 1. The molecule has 0 aliphatic heterocycles. The Morgan fingerprint density at radius 2 is 2.03 bits per heavy atom. The summed E-state index contributed by atoms with van der Waals surface area (Å²) in [7, 11) is -2.01. The molecule has 1 aromatic carbocycles. The van der Waals surface area contributed by atoms with Crippen LogP contribution in [0.2, 0.25) is 5.02 Å². The third-order valence-electron chi connectivity index (χ3n) is 3.92. The van der Waals surface area contributed by atoms with Crippen molar-refractivity contribution < 1.29 is 40.8 Å². The fourth-order valence-electron chi connectivity index (χ4n) is 2.43. The van der Waals surface area contributed by atoms with Crippen molar-refractivity contribution in [1.82, 2.24) is 14.5 Å². The van der Waals surface area contributed by atoms with Crippen molar-refractivity contribution in [2.45, 2.75) is 19.0 Å². The first kappa shape index (κ1) is 25.4. The molecule has 0 bridgehead atoms. The van der Waals surface area contributed by atoms with Gasteiger partial charge >= 0.3 is 11.9 Å². The minimum atomic E-state index is -4.79. The first-order valence-electron chi connectivity index (χ1n) is 8.63. The molecule has 176 valence electrons. The molecular formula is C16H16ClF3N4O7S. The number of aromatic nitrogens is 2. The number of hydrogen-bond donors (Lipinski definition) is 1. The molecule has 0 fully saturated rings. The van der Waals surface area contributed by atoms with Gasteiger partial charge in [0.15, 0.2) is 5.69 Å². The van der Waals surface area contributed by atoms with Crippen LogP contribution in [0.25, 0.3) is 0 Å². The van der Waals surface area contributed by atoms with Gasteiger partial charge in [-0.05, 0) is 19.5 Å². The molecule has 2 aromatic rings. The predicted molar refractivity (Wildman–Crippen MR) is 104 cm³/mol. The highest BCUT2D eigenvalue weighted by molar-refractivity contribution is 8.04. The molecule has 0 aliphatic carbocycles. The van der Waals surface area contributed by atoms with Crippen LogP contribution in [0.1, 0.15) is 18.5 Å². The minimum Gasteiger partial charge on any atom is -0.487 e. The van der Waals surface area contributed by atoms with Crippen LogP contribution in [0.4, 0.5) is 18.9 Å². The average molecular weight is 501 g/mol. The number of sulfonamides is 1. The topological polar surface area (TPSA) is 143 Å². The lowest BCUT2D eigenvalue weighted by Gasteiger charge is -2.09. The number of aryl methyl sites for hydroxylation is 1. The Bertz CT molecular complexity index is 1140. The monoisotopic (exact) mass is 500 g/mol. The first-order chi connectivity index (χ1) is 14.8. The summed E-state index contributed by atoms with van der Waals surface area (Å²) in [5, 5.41) is 12.9. The highest BCUT2D eigenvalue weighted by Crippen LogP contribution is 2.41. The second-order valence-electron chi connectivity index (χ2n) is 6.11. The zero-order chi connectivity index (χ0) is 24.3. The molecule has 1 heterocycles. The highest BCUT2D eigenvalue weighted by Gasteiger charge is 2.39. The van der Waals surface area contributed by atoms with E-state index in [1.807, 2.05) is 4.72 Å². The van der Waals surface area contributed by atoms with Crippen LogP contribution >= 0.6 is 11.6 Å². The van der Waals surface area contributed by atoms with E-state index in [2.05, 4.69) is 5.10 Å². The highest BCUT2D eigenvalue weighted by atomic mass is 35.5. The number of nitro groups is 1. The van der Waals surface area contributed by atoms with E-state index in [0.717, 1.165) is 32.3 Å². The summed E-state index contributed by atoms with van der Waals surface area (Å²) in [5.74, 6) is -1.06. The molecule has 0 radical (unpaired) electrons. The van der Waals surface area contributed by atoms with E-state index in [0.29, 0.717) is 4.68 Å². The van der Waals surface area contributed by atoms with E-state index in [9.17, 15) is 36.5 Å². The van der Waals surface area contributed by atoms with Gasteiger partial charge in [-0.25, -0.2) is 13.1 Å². The Hall–Kier alpha value is -2.91. The summed E-state index contributed by atoms with van der Waals surface area (Å²) in [6, 6.07) is 3.12. The van der Waals surface area contributed by atoms with Gasteiger partial charge in [0.05, 0.1) is 11.5 Å².